The molecule has 2 aliphatic heterocycles. The summed E-state index contributed by atoms with van der Waals surface area (Å²) in [6.07, 6.45) is 4.74. The van der Waals surface area contributed by atoms with E-state index in [4.69, 9.17) is 0 Å². The minimum atomic E-state index is -0.187. The van der Waals surface area contributed by atoms with Crippen LogP contribution in [0.15, 0.2) is 6.07 Å². The number of aromatic amines is 1. The molecule has 2 N–H and O–H groups in total. The third-order valence-corrected chi connectivity index (χ3v) is 5.48. The Balaban J connectivity index is 1.26. The molecule has 1 aromatic heterocycles. The monoisotopic (exact) mass is 331 g/mol. The quantitative estimate of drug-likeness (QED) is 0.857. The summed E-state index contributed by atoms with van der Waals surface area (Å²) in [7, 11) is 1.76. The molecule has 0 bridgehead atoms. The Hall–Kier alpha value is -2.05. The minimum Gasteiger partial charge on any atom is -0.355 e. The van der Waals surface area contributed by atoms with Crippen LogP contribution in [0.4, 0.5) is 5.82 Å². The predicted octanol–water partition coefficient (Wildman–Crippen LogP) is 0.850. The Bertz CT molecular complexity index is 631. The number of piperidine rings is 1. The van der Waals surface area contributed by atoms with Gasteiger partial charge in [-0.3, -0.25) is 14.7 Å². The van der Waals surface area contributed by atoms with Gasteiger partial charge in [0.15, 0.2) is 5.82 Å². The molecule has 1 aliphatic carbocycles. The van der Waals surface area contributed by atoms with Crippen LogP contribution < -0.4 is 10.2 Å². The molecule has 24 heavy (non-hydrogen) atoms. The van der Waals surface area contributed by atoms with Crippen molar-refractivity contribution in [1.82, 2.24) is 20.4 Å². The van der Waals surface area contributed by atoms with Crippen molar-refractivity contribution in [3.05, 3.63) is 11.8 Å². The summed E-state index contributed by atoms with van der Waals surface area (Å²) in [6.45, 7) is 2.35. The third kappa shape index (κ3) is 3.12. The number of hydrogen-bond donors (Lipinski definition) is 2. The molecule has 4 rings (SSSR count). The first-order valence-electron chi connectivity index (χ1n) is 8.94. The van der Waals surface area contributed by atoms with Crippen molar-refractivity contribution in [2.24, 2.45) is 5.92 Å². The van der Waals surface area contributed by atoms with E-state index in [1.165, 1.54) is 18.5 Å². The molecule has 1 saturated carbocycles. The van der Waals surface area contributed by atoms with E-state index in [2.05, 4.69) is 26.5 Å². The molecule has 7 nitrogen and oxygen atoms in total. The van der Waals surface area contributed by atoms with Gasteiger partial charge in [-0.15, -0.1) is 0 Å². The van der Waals surface area contributed by atoms with Crippen LogP contribution in [0, 0.1) is 5.92 Å². The number of carbonyl (C=O) groups is 2. The molecule has 2 saturated heterocycles. The first-order valence-corrected chi connectivity index (χ1v) is 8.94. The summed E-state index contributed by atoms with van der Waals surface area (Å²) in [5, 5.41) is 10.7. The van der Waals surface area contributed by atoms with Crippen LogP contribution in [0.25, 0.3) is 0 Å². The highest BCUT2D eigenvalue weighted by Gasteiger charge is 2.33. The highest BCUT2D eigenvalue weighted by atomic mass is 16.2. The molecule has 1 aromatic rings. The fourth-order valence-corrected chi connectivity index (χ4v) is 3.70. The van der Waals surface area contributed by atoms with Crippen molar-refractivity contribution in [3.63, 3.8) is 0 Å². The average Bonchev–Trinajstić information content (AvgIpc) is 3.21. The van der Waals surface area contributed by atoms with Gasteiger partial charge < -0.3 is 15.1 Å². The van der Waals surface area contributed by atoms with E-state index in [-0.39, 0.29) is 23.8 Å². The SMILES string of the molecule is CN1CC(C(=O)NC2CCN(c3cc(C4CC4)[nH]n3)CC2)CC1=O. The van der Waals surface area contributed by atoms with Crippen LogP contribution in [0.5, 0.6) is 0 Å². The minimum absolute atomic E-state index is 0.0296. The average molecular weight is 331 g/mol. The van der Waals surface area contributed by atoms with E-state index >= 15 is 0 Å². The second-order valence-electron chi connectivity index (χ2n) is 7.40. The zero-order valence-electron chi connectivity index (χ0n) is 14.1. The first kappa shape index (κ1) is 15.5. The highest BCUT2D eigenvalue weighted by molar-refractivity contribution is 5.89. The van der Waals surface area contributed by atoms with Gasteiger partial charge in [-0.05, 0) is 25.7 Å². The lowest BCUT2D eigenvalue weighted by Crippen LogP contribution is -2.46. The summed E-state index contributed by atoms with van der Waals surface area (Å²) >= 11 is 0. The lowest BCUT2D eigenvalue weighted by atomic mass is 10.0. The Labute approximate surface area is 141 Å². The molecule has 3 aliphatic rings. The summed E-state index contributed by atoms with van der Waals surface area (Å²) in [4.78, 5) is 27.8. The molecule has 0 spiro atoms. The van der Waals surface area contributed by atoms with Gasteiger partial charge in [-0.2, -0.15) is 5.10 Å². The summed E-state index contributed by atoms with van der Waals surface area (Å²) in [5.74, 6) is 1.63. The predicted molar refractivity (Wildman–Crippen MR) is 89.7 cm³/mol. The molecule has 0 aromatic carbocycles. The number of hydrogen-bond acceptors (Lipinski definition) is 4. The number of carbonyl (C=O) groups excluding carboxylic acids is 2. The van der Waals surface area contributed by atoms with Gasteiger partial charge in [-0.1, -0.05) is 0 Å². The topological polar surface area (TPSA) is 81.3 Å². The van der Waals surface area contributed by atoms with Gasteiger partial charge in [0.1, 0.15) is 0 Å². The second-order valence-corrected chi connectivity index (χ2v) is 7.40. The van der Waals surface area contributed by atoms with Crippen LogP contribution in [-0.4, -0.2) is 59.6 Å². The molecule has 1 unspecified atom stereocenters. The number of anilines is 1. The van der Waals surface area contributed by atoms with Gasteiger partial charge >= 0.3 is 0 Å². The van der Waals surface area contributed by atoms with E-state index in [1.54, 1.807) is 11.9 Å². The van der Waals surface area contributed by atoms with E-state index in [1.807, 2.05) is 0 Å². The number of nitrogens with one attached hydrogen (secondary N) is 2. The smallest absolute Gasteiger partial charge is 0.225 e. The zero-order chi connectivity index (χ0) is 16.7. The molecule has 1 atom stereocenters. The van der Waals surface area contributed by atoms with Gasteiger partial charge in [0.05, 0.1) is 5.92 Å². The fourth-order valence-electron chi connectivity index (χ4n) is 3.70. The number of rotatable bonds is 4. The number of nitrogens with zero attached hydrogens (tertiary/aromatic N) is 3. The van der Waals surface area contributed by atoms with Gasteiger partial charge in [0.25, 0.3) is 0 Å². The van der Waals surface area contributed by atoms with Gasteiger partial charge in [0, 0.05) is 56.8 Å². The van der Waals surface area contributed by atoms with Crippen LogP contribution in [-0.2, 0) is 9.59 Å². The number of likely N-dealkylation sites (tertiary alicyclic amines) is 1. The highest BCUT2D eigenvalue weighted by Crippen LogP contribution is 2.40. The van der Waals surface area contributed by atoms with E-state index < -0.39 is 0 Å². The third-order valence-electron chi connectivity index (χ3n) is 5.48. The first-order chi connectivity index (χ1) is 11.6. The van der Waals surface area contributed by atoms with Crippen LogP contribution >= 0.6 is 0 Å². The molecule has 130 valence electrons. The Morgan fingerprint density at radius 3 is 2.67 bits per heavy atom. The van der Waals surface area contributed by atoms with Crippen LogP contribution in [0.1, 0.15) is 43.7 Å². The molecule has 0 radical (unpaired) electrons. The zero-order valence-corrected chi connectivity index (χ0v) is 14.1. The number of aromatic nitrogens is 2. The normalized spacial score (nSPS) is 25.4. The van der Waals surface area contributed by atoms with Gasteiger partial charge in [0.2, 0.25) is 11.8 Å². The van der Waals surface area contributed by atoms with Crippen molar-refractivity contribution < 1.29 is 9.59 Å². The van der Waals surface area contributed by atoms with Crippen LogP contribution in [0.2, 0.25) is 0 Å². The Morgan fingerprint density at radius 2 is 2.04 bits per heavy atom. The lowest BCUT2D eigenvalue weighted by molar-refractivity contribution is -0.128. The van der Waals surface area contributed by atoms with Crippen molar-refractivity contribution in [2.45, 2.75) is 44.1 Å². The molecular formula is C17H25N5O2. The van der Waals surface area contributed by atoms with Crippen LogP contribution in [0.3, 0.4) is 0 Å². The summed E-state index contributed by atoms with van der Waals surface area (Å²) in [6, 6.07) is 2.38. The van der Waals surface area contributed by atoms with E-state index in [0.29, 0.717) is 18.9 Å². The molecule has 2 amide bonds. The second kappa shape index (κ2) is 6.11. The standard InChI is InChI=1S/C17H25N5O2/c1-21-10-12(8-16(21)23)17(24)18-13-4-6-22(7-5-13)15-9-14(19-20-15)11-2-3-11/h9,11-13H,2-8,10H2,1H3,(H,18,24)(H,19,20). The van der Waals surface area contributed by atoms with Crippen molar-refractivity contribution in [1.29, 1.82) is 0 Å². The maximum Gasteiger partial charge on any atom is 0.225 e. The summed E-state index contributed by atoms with van der Waals surface area (Å²) in [5.41, 5.74) is 1.26. The Kier molecular flexibility index (Phi) is 3.94. The number of amides is 2. The lowest BCUT2D eigenvalue weighted by Gasteiger charge is -2.32. The van der Waals surface area contributed by atoms with Crippen molar-refractivity contribution >= 4 is 17.6 Å². The van der Waals surface area contributed by atoms with Crippen molar-refractivity contribution in [3.8, 4) is 0 Å². The molecular weight excluding hydrogens is 306 g/mol. The summed E-state index contributed by atoms with van der Waals surface area (Å²) < 4.78 is 0. The largest absolute Gasteiger partial charge is 0.355 e. The number of H-pyrrole nitrogens is 1. The maximum absolute atomic E-state index is 12.3. The Morgan fingerprint density at radius 1 is 1.29 bits per heavy atom. The van der Waals surface area contributed by atoms with E-state index in [0.717, 1.165) is 31.7 Å². The maximum atomic E-state index is 12.3. The molecule has 3 heterocycles. The molecule has 3 fully saturated rings. The molecule has 7 heteroatoms. The van der Waals surface area contributed by atoms with Crippen molar-refractivity contribution in [2.75, 3.05) is 31.6 Å². The van der Waals surface area contributed by atoms with Gasteiger partial charge in [-0.25, -0.2) is 0 Å². The fraction of sp³-hybridized carbons (Fsp3) is 0.706. The van der Waals surface area contributed by atoms with E-state index in [9.17, 15) is 9.59 Å².